The van der Waals surface area contributed by atoms with E-state index in [1.807, 2.05) is 37.3 Å². The molecule has 1 aliphatic rings. The molecule has 1 fully saturated rings. The predicted octanol–water partition coefficient (Wildman–Crippen LogP) is 2.95. The van der Waals surface area contributed by atoms with Crippen molar-refractivity contribution < 1.29 is 4.74 Å². The number of aryl methyl sites for hydroxylation is 1. The van der Waals surface area contributed by atoms with Gasteiger partial charge < -0.3 is 9.64 Å². The van der Waals surface area contributed by atoms with E-state index >= 15 is 0 Å². The molecule has 1 aliphatic heterocycles. The maximum absolute atomic E-state index is 9.31. The SMILES string of the molecule is Cc1ccc(C#N)c(N2CCCC(COc3ccccn3)C2)n1. The molecule has 0 aromatic carbocycles. The highest BCUT2D eigenvalue weighted by Gasteiger charge is 2.23. The number of anilines is 1. The Kier molecular flexibility index (Phi) is 4.72. The van der Waals surface area contributed by atoms with Gasteiger partial charge in [0, 0.05) is 37.0 Å². The van der Waals surface area contributed by atoms with Gasteiger partial charge in [0.2, 0.25) is 5.88 Å². The third-order valence-corrected chi connectivity index (χ3v) is 4.06. The lowest BCUT2D eigenvalue weighted by molar-refractivity contribution is 0.221. The second-order valence-corrected chi connectivity index (χ2v) is 5.87. The van der Waals surface area contributed by atoms with Crippen LogP contribution in [0.1, 0.15) is 24.1 Å². The van der Waals surface area contributed by atoms with Gasteiger partial charge in [0.25, 0.3) is 0 Å². The van der Waals surface area contributed by atoms with E-state index in [4.69, 9.17) is 4.74 Å². The van der Waals surface area contributed by atoms with Crippen LogP contribution in [0.15, 0.2) is 36.5 Å². The third kappa shape index (κ3) is 3.78. The smallest absolute Gasteiger partial charge is 0.213 e. The molecular formula is C18H20N4O. The van der Waals surface area contributed by atoms with Crippen LogP contribution in [-0.4, -0.2) is 29.7 Å². The lowest BCUT2D eigenvalue weighted by Gasteiger charge is -2.33. The second-order valence-electron chi connectivity index (χ2n) is 5.87. The maximum Gasteiger partial charge on any atom is 0.213 e. The zero-order valence-corrected chi connectivity index (χ0v) is 13.3. The van der Waals surface area contributed by atoms with E-state index in [0.29, 0.717) is 24.0 Å². The fraction of sp³-hybridized carbons (Fsp3) is 0.389. The number of hydrogen-bond donors (Lipinski definition) is 0. The van der Waals surface area contributed by atoms with Crippen LogP contribution in [-0.2, 0) is 0 Å². The molecule has 0 amide bonds. The summed E-state index contributed by atoms with van der Waals surface area (Å²) in [5, 5.41) is 9.31. The van der Waals surface area contributed by atoms with E-state index in [-0.39, 0.29) is 0 Å². The minimum Gasteiger partial charge on any atom is -0.477 e. The molecule has 1 atom stereocenters. The molecule has 0 bridgehead atoms. The van der Waals surface area contributed by atoms with Gasteiger partial charge in [-0.25, -0.2) is 9.97 Å². The summed E-state index contributed by atoms with van der Waals surface area (Å²) in [5.74, 6) is 1.88. The molecule has 0 radical (unpaired) electrons. The van der Waals surface area contributed by atoms with E-state index in [1.54, 1.807) is 6.20 Å². The average Bonchev–Trinajstić information content (AvgIpc) is 2.61. The van der Waals surface area contributed by atoms with Gasteiger partial charge in [-0.1, -0.05) is 6.07 Å². The summed E-state index contributed by atoms with van der Waals surface area (Å²) >= 11 is 0. The zero-order chi connectivity index (χ0) is 16.1. The molecule has 118 valence electrons. The second kappa shape index (κ2) is 7.10. The minimum absolute atomic E-state index is 0.416. The van der Waals surface area contributed by atoms with Gasteiger partial charge in [-0.3, -0.25) is 0 Å². The van der Waals surface area contributed by atoms with Crippen LogP contribution in [0.4, 0.5) is 5.82 Å². The number of hydrogen-bond acceptors (Lipinski definition) is 5. The van der Waals surface area contributed by atoms with Crippen molar-refractivity contribution in [3.63, 3.8) is 0 Å². The summed E-state index contributed by atoms with van der Waals surface area (Å²) in [4.78, 5) is 11.0. The molecule has 3 rings (SSSR count). The lowest BCUT2D eigenvalue weighted by Crippen LogP contribution is -2.38. The Hall–Kier alpha value is -2.61. The summed E-state index contributed by atoms with van der Waals surface area (Å²) in [6, 6.07) is 11.7. The normalized spacial score (nSPS) is 17.6. The fourth-order valence-corrected chi connectivity index (χ4v) is 2.90. The Morgan fingerprint density at radius 3 is 3.04 bits per heavy atom. The van der Waals surface area contributed by atoms with Gasteiger partial charge in [0.15, 0.2) is 0 Å². The van der Waals surface area contributed by atoms with Gasteiger partial charge in [-0.05, 0) is 38.0 Å². The number of ether oxygens (including phenoxy) is 1. The Morgan fingerprint density at radius 2 is 2.26 bits per heavy atom. The molecular weight excluding hydrogens is 288 g/mol. The Morgan fingerprint density at radius 1 is 1.35 bits per heavy atom. The number of nitrogens with zero attached hydrogens (tertiary/aromatic N) is 4. The standard InChI is InChI=1S/C18H20N4O/c1-14-7-8-16(11-19)18(21-14)22-10-4-5-15(12-22)13-23-17-6-2-3-9-20-17/h2-3,6-9,15H,4-5,10,12-13H2,1H3. The molecule has 1 saturated heterocycles. The first-order valence-corrected chi connectivity index (χ1v) is 7.93. The molecule has 1 unspecified atom stereocenters. The van der Waals surface area contributed by atoms with Crippen LogP contribution in [0, 0.1) is 24.2 Å². The van der Waals surface area contributed by atoms with Crippen molar-refractivity contribution in [3.05, 3.63) is 47.8 Å². The van der Waals surface area contributed by atoms with Crippen molar-refractivity contribution in [1.82, 2.24) is 9.97 Å². The highest BCUT2D eigenvalue weighted by molar-refractivity contribution is 5.54. The van der Waals surface area contributed by atoms with Crippen molar-refractivity contribution in [2.24, 2.45) is 5.92 Å². The maximum atomic E-state index is 9.31. The van der Waals surface area contributed by atoms with E-state index in [2.05, 4.69) is 20.9 Å². The molecule has 5 nitrogen and oxygen atoms in total. The molecule has 0 aliphatic carbocycles. The summed E-state index contributed by atoms with van der Waals surface area (Å²) in [6.07, 6.45) is 3.94. The van der Waals surface area contributed by atoms with Crippen molar-refractivity contribution in [2.75, 3.05) is 24.6 Å². The van der Waals surface area contributed by atoms with Crippen molar-refractivity contribution >= 4 is 5.82 Å². The van der Waals surface area contributed by atoms with Gasteiger partial charge in [-0.15, -0.1) is 0 Å². The Bertz CT molecular complexity index is 696. The number of rotatable bonds is 4. The largest absolute Gasteiger partial charge is 0.477 e. The molecule has 3 heterocycles. The van der Waals surface area contributed by atoms with Crippen LogP contribution in [0.25, 0.3) is 0 Å². The van der Waals surface area contributed by atoms with Crippen molar-refractivity contribution in [3.8, 4) is 11.9 Å². The van der Waals surface area contributed by atoms with Gasteiger partial charge in [0.1, 0.15) is 11.9 Å². The van der Waals surface area contributed by atoms with Crippen LogP contribution in [0.5, 0.6) is 5.88 Å². The van der Waals surface area contributed by atoms with Gasteiger partial charge in [0.05, 0.1) is 12.2 Å². The van der Waals surface area contributed by atoms with Crippen molar-refractivity contribution in [1.29, 1.82) is 5.26 Å². The monoisotopic (exact) mass is 308 g/mol. The molecule has 2 aromatic rings. The zero-order valence-electron chi connectivity index (χ0n) is 13.3. The summed E-state index contributed by atoms with van der Waals surface area (Å²) < 4.78 is 5.79. The Balaban J connectivity index is 1.67. The minimum atomic E-state index is 0.416. The predicted molar refractivity (Wildman–Crippen MR) is 88.4 cm³/mol. The van der Waals surface area contributed by atoms with Crippen LogP contribution >= 0.6 is 0 Å². The third-order valence-electron chi connectivity index (χ3n) is 4.06. The highest BCUT2D eigenvalue weighted by Crippen LogP contribution is 2.25. The van der Waals surface area contributed by atoms with Crippen LogP contribution < -0.4 is 9.64 Å². The van der Waals surface area contributed by atoms with Gasteiger partial charge >= 0.3 is 0 Å². The first kappa shape index (κ1) is 15.3. The number of aromatic nitrogens is 2. The van der Waals surface area contributed by atoms with E-state index in [1.165, 1.54) is 0 Å². The molecule has 0 spiro atoms. The first-order chi connectivity index (χ1) is 11.3. The topological polar surface area (TPSA) is 62.0 Å². The molecule has 5 heteroatoms. The summed E-state index contributed by atoms with van der Waals surface area (Å²) in [7, 11) is 0. The summed E-state index contributed by atoms with van der Waals surface area (Å²) in [5.41, 5.74) is 1.58. The number of piperidine rings is 1. The average molecular weight is 308 g/mol. The first-order valence-electron chi connectivity index (χ1n) is 7.93. The molecule has 0 saturated carbocycles. The van der Waals surface area contributed by atoms with E-state index < -0.39 is 0 Å². The lowest BCUT2D eigenvalue weighted by atomic mass is 9.98. The fourth-order valence-electron chi connectivity index (χ4n) is 2.90. The van der Waals surface area contributed by atoms with Gasteiger partial charge in [-0.2, -0.15) is 5.26 Å². The highest BCUT2D eigenvalue weighted by atomic mass is 16.5. The van der Waals surface area contributed by atoms with Crippen molar-refractivity contribution in [2.45, 2.75) is 19.8 Å². The van der Waals surface area contributed by atoms with Crippen LogP contribution in [0.3, 0.4) is 0 Å². The summed E-state index contributed by atoms with van der Waals surface area (Å²) in [6.45, 7) is 4.39. The molecule has 0 N–H and O–H groups in total. The molecule has 23 heavy (non-hydrogen) atoms. The Labute approximate surface area is 136 Å². The number of nitriles is 1. The van der Waals surface area contributed by atoms with Crippen LogP contribution in [0.2, 0.25) is 0 Å². The van der Waals surface area contributed by atoms with E-state index in [9.17, 15) is 5.26 Å². The van der Waals surface area contributed by atoms with E-state index in [0.717, 1.165) is 37.4 Å². The number of pyridine rings is 2. The quantitative estimate of drug-likeness (QED) is 0.869. The molecule has 2 aromatic heterocycles.